The average Bonchev–Trinajstić information content (AvgIpc) is 3.79. The maximum absolute atomic E-state index is 13.8. The summed E-state index contributed by atoms with van der Waals surface area (Å²) in [5, 5.41) is 6.54. The smallest absolute Gasteiger partial charge is 0.303 e. The molecule has 360 valence electrons. The number of amides is 2. The van der Waals surface area contributed by atoms with Gasteiger partial charge in [0, 0.05) is 51.2 Å². The van der Waals surface area contributed by atoms with E-state index in [2.05, 4.69) is 64.1 Å². The third-order valence-electron chi connectivity index (χ3n) is 19.3. The molecule has 1 aromatic heterocycles. The number of benzene rings is 1. The molecular formula is C54H81N3O8. The molecule has 5 aliphatic carbocycles. The highest BCUT2D eigenvalue weighted by atomic mass is 16.6. The largest absolute Gasteiger partial charge is 0.458 e. The van der Waals surface area contributed by atoms with E-state index in [-0.39, 0.29) is 24.3 Å². The summed E-state index contributed by atoms with van der Waals surface area (Å²) >= 11 is 0. The molecule has 3 N–H and O–H groups in total. The van der Waals surface area contributed by atoms with Crippen molar-refractivity contribution >= 4 is 40.6 Å². The number of hydrogen-bond acceptors (Lipinski definition) is 8. The van der Waals surface area contributed by atoms with Gasteiger partial charge in [-0.05, 0) is 151 Å². The molecule has 7 rings (SSSR count). The number of aromatic nitrogens is 1. The lowest BCUT2D eigenvalue weighted by atomic mass is 9.32. The van der Waals surface area contributed by atoms with E-state index in [0.717, 1.165) is 34.7 Å². The zero-order valence-electron chi connectivity index (χ0n) is 41.5. The Balaban J connectivity index is 1.05. The number of carbonyl (C=O) groups is 5. The Morgan fingerprint density at radius 3 is 2.00 bits per heavy atom. The van der Waals surface area contributed by atoms with Crippen molar-refractivity contribution in [2.45, 2.75) is 190 Å². The van der Waals surface area contributed by atoms with Gasteiger partial charge in [-0.15, -0.1) is 0 Å². The predicted octanol–water partition coefficient (Wildman–Crippen LogP) is 10.0. The van der Waals surface area contributed by atoms with Crippen LogP contribution in [0.2, 0.25) is 0 Å². The van der Waals surface area contributed by atoms with E-state index in [1.165, 1.54) is 98.3 Å². The molecule has 2 aromatic rings. The molecule has 1 aromatic carbocycles. The van der Waals surface area contributed by atoms with Crippen molar-refractivity contribution in [1.29, 1.82) is 0 Å². The molecule has 14 atom stereocenters. The standard InChI is InChI=1S/C54H81N3O8/c1-32(38-21-26-51(8)40(38)22-27-53(10)46(51)19-20-47-52(9)25-14-24-50(6,7)45(52)23-28-54(47,53)11)17-18-43(63-34(3)59)48(65-36(5)61)44(64-35(4)60)31-56-49(62)42(57-33(2)58)29-37-30-55-41-16-13-12-15-39(37)41/h12-13,15-16,30,32,38,40,42-48,55H,14,17-29,31H2,1-11H3,(H,56,62)(H,57,58)/t32?,38-,40+,42+,43?,44?,45+,46-,47-,48?,51+,52+,53-,54-/m1/s1. The van der Waals surface area contributed by atoms with Crippen LogP contribution < -0.4 is 10.6 Å². The van der Waals surface area contributed by atoms with Crippen LogP contribution in [0, 0.1) is 62.6 Å². The van der Waals surface area contributed by atoms with Gasteiger partial charge in [0.15, 0.2) is 12.2 Å². The number of rotatable bonds is 15. The maximum Gasteiger partial charge on any atom is 0.303 e. The number of aromatic amines is 1. The van der Waals surface area contributed by atoms with Crippen molar-refractivity contribution in [1.82, 2.24) is 15.6 Å². The molecule has 0 spiro atoms. The third kappa shape index (κ3) is 9.25. The van der Waals surface area contributed by atoms with Crippen LogP contribution in [-0.4, -0.2) is 65.6 Å². The Kier molecular flexibility index (Phi) is 14.1. The molecule has 5 aliphatic rings. The first-order valence-electron chi connectivity index (χ1n) is 25.2. The molecular weight excluding hydrogens is 819 g/mol. The minimum absolute atomic E-state index is 0.203. The third-order valence-corrected chi connectivity index (χ3v) is 19.3. The fourth-order valence-corrected chi connectivity index (χ4v) is 16.5. The molecule has 11 heteroatoms. The summed E-state index contributed by atoms with van der Waals surface area (Å²) < 4.78 is 17.6. The van der Waals surface area contributed by atoms with Gasteiger partial charge in [-0.3, -0.25) is 24.0 Å². The van der Waals surface area contributed by atoms with Crippen LogP contribution in [0.3, 0.4) is 0 Å². The fourth-order valence-electron chi connectivity index (χ4n) is 16.5. The number of carbonyl (C=O) groups excluding carboxylic acids is 5. The molecule has 1 heterocycles. The second-order valence-electron chi connectivity index (χ2n) is 23.3. The molecule has 5 fully saturated rings. The van der Waals surface area contributed by atoms with E-state index < -0.39 is 48.2 Å². The Labute approximate surface area is 388 Å². The Morgan fingerprint density at radius 1 is 0.708 bits per heavy atom. The van der Waals surface area contributed by atoms with Crippen LogP contribution in [0.5, 0.6) is 0 Å². The highest BCUT2D eigenvalue weighted by Gasteiger charge is 2.70. The van der Waals surface area contributed by atoms with Gasteiger partial charge < -0.3 is 29.8 Å². The van der Waals surface area contributed by atoms with Crippen molar-refractivity contribution in [2.75, 3.05) is 6.54 Å². The molecule has 4 unspecified atom stereocenters. The minimum atomic E-state index is -1.19. The zero-order chi connectivity index (χ0) is 47.3. The van der Waals surface area contributed by atoms with Gasteiger partial charge in [0.2, 0.25) is 11.8 Å². The van der Waals surface area contributed by atoms with Gasteiger partial charge in [-0.1, -0.05) is 73.1 Å². The molecule has 0 radical (unpaired) electrons. The normalized spacial score (nSPS) is 34.8. The lowest BCUT2D eigenvalue weighted by Crippen LogP contribution is -2.65. The van der Waals surface area contributed by atoms with Crippen molar-refractivity contribution < 1.29 is 38.2 Å². The van der Waals surface area contributed by atoms with Crippen LogP contribution in [0.15, 0.2) is 30.5 Å². The maximum atomic E-state index is 13.8. The quantitative estimate of drug-likeness (QED) is 0.118. The molecule has 65 heavy (non-hydrogen) atoms. The highest BCUT2D eigenvalue weighted by Crippen LogP contribution is 2.78. The first-order chi connectivity index (χ1) is 30.5. The molecule has 2 amide bonds. The second-order valence-corrected chi connectivity index (χ2v) is 23.3. The van der Waals surface area contributed by atoms with Gasteiger partial charge in [-0.2, -0.15) is 0 Å². The van der Waals surface area contributed by atoms with Gasteiger partial charge in [0.1, 0.15) is 12.1 Å². The average molecular weight is 900 g/mol. The summed E-state index contributed by atoms with van der Waals surface area (Å²) in [7, 11) is 0. The SMILES string of the molecule is CC(=O)N[C@@H](Cc1c[nH]c2ccccc12)C(=O)NCC(OC(C)=O)C(OC(C)=O)C(CCC(C)[C@H]1CC[C@]2(C)[C@H]3CC[C@@H]4[C@@]5(C)CCCC(C)(C)[C@@H]5CC[C@@]4(C)[C@]3(C)CC[C@@H]12)OC(C)=O. The van der Waals surface area contributed by atoms with Gasteiger partial charge in [-0.25, -0.2) is 0 Å². The topological polar surface area (TPSA) is 153 Å². The zero-order valence-corrected chi connectivity index (χ0v) is 41.5. The van der Waals surface area contributed by atoms with Crippen molar-refractivity contribution in [3.05, 3.63) is 36.0 Å². The van der Waals surface area contributed by atoms with E-state index >= 15 is 0 Å². The monoisotopic (exact) mass is 900 g/mol. The fraction of sp³-hybridized carbons (Fsp3) is 0.759. The summed E-state index contributed by atoms with van der Waals surface area (Å²) in [5.74, 6) is 1.02. The Bertz CT molecular complexity index is 2100. The van der Waals surface area contributed by atoms with Crippen LogP contribution in [0.4, 0.5) is 0 Å². The number of hydrogen-bond donors (Lipinski definition) is 3. The van der Waals surface area contributed by atoms with E-state index in [1.54, 1.807) is 0 Å². The van der Waals surface area contributed by atoms with Crippen LogP contribution in [0.25, 0.3) is 10.9 Å². The van der Waals surface area contributed by atoms with Crippen molar-refractivity contribution in [3.8, 4) is 0 Å². The van der Waals surface area contributed by atoms with Crippen LogP contribution >= 0.6 is 0 Å². The van der Waals surface area contributed by atoms with Gasteiger partial charge in [0.25, 0.3) is 0 Å². The number of H-pyrrole nitrogens is 1. The molecule has 0 bridgehead atoms. The van der Waals surface area contributed by atoms with E-state index in [0.29, 0.717) is 51.8 Å². The van der Waals surface area contributed by atoms with E-state index in [9.17, 15) is 24.0 Å². The summed E-state index contributed by atoms with van der Waals surface area (Å²) in [6.45, 7) is 23.2. The van der Waals surface area contributed by atoms with Crippen molar-refractivity contribution in [2.24, 2.45) is 62.6 Å². The summed E-state index contributed by atoms with van der Waals surface area (Å²) in [6.07, 6.45) is 14.3. The van der Waals surface area contributed by atoms with E-state index in [4.69, 9.17) is 14.2 Å². The predicted molar refractivity (Wildman–Crippen MR) is 252 cm³/mol. The Morgan fingerprint density at radius 2 is 1.34 bits per heavy atom. The number of para-hydroxylation sites is 1. The summed E-state index contributed by atoms with van der Waals surface area (Å²) in [5.41, 5.74) is 3.52. The summed E-state index contributed by atoms with van der Waals surface area (Å²) in [6, 6.07) is 6.76. The lowest BCUT2D eigenvalue weighted by molar-refractivity contribution is -0.241. The summed E-state index contributed by atoms with van der Waals surface area (Å²) in [4.78, 5) is 67.5. The number of nitrogens with one attached hydrogen (secondary N) is 3. The molecule has 11 nitrogen and oxygen atoms in total. The Hall–Kier alpha value is -3.89. The number of ether oxygens (including phenoxy) is 3. The number of fused-ring (bicyclic) bond motifs is 8. The first-order valence-corrected chi connectivity index (χ1v) is 25.2. The van der Waals surface area contributed by atoms with Crippen molar-refractivity contribution in [3.63, 3.8) is 0 Å². The van der Waals surface area contributed by atoms with Gasteiger partial charge >= 0.3 is 17.9 Å². The highest BCUT2D eigenvalue weighted by molar-refractivity contribution is 5.89. The molecule has 0 aliphatic heterocycles. The minimum Gasteiger partial charge on any atom is -0.458 e. The molecule has 0 saturated heterocycles. The number of esters is 3. The second kappa shape index (κ2) is 18.7. The molecule has 5 saturated carbocycles. The van der Waals surface area contributed by atoms with Crippen LogP contribution in [0.1, 0.15) is 165 Å². The van der Waals surface area contributed by atoms with Gasteiger partial charge in [0.05, 0.1) is 6.54 Å². The van der Waals surface area contributed by atoms with Crippen LogP contribution in [-0.2, 0) is 44.6 Å². The van der Waals surface area contributed by atoms with E-state index in [1.807, 2.05) is 30.5 Å². The first kappa shape index (κ1) is 49.0. The lowest BCUT2D eigenvalue weighted by Gasteiger charge is -2.73.